The molecular formula is C10H23NO. The van der Waals surface area contributed by atoms with Crippen LogP contribution in [0.15, 0.2) is 0 Å². The Kier molecular flexibility index (Phi) is 8.95. The Labute approximate surface area is 76.5 Å². The van der Waals surface area contributed by atoms with E-state index in [0.717, 1.165) is 19.5 Å². The molecule has 0 saturated carbocycles. The highest BCUT2D eigenvalue weighted by Crippen LogP contribution is 2.04. The van der Waals surface area contributed by atoms with Crippen LogP contribution in [0.5, 0.6) is 0 Å². The smallest absolute Gasteiger partial charge is 0.0238 e. The highest BCUT2D eigenvalue weighted by Gasteiger charge is 1.95. The minimum Gasteiger partial charge on any atom is -0.314 e. The Hall–Kier alpha value is -0.0800. The molecule has 0 fully saturated rings. The number of hydroxylamine groups is 2. The molecule has 0 heterocycles. The van der Waals surface area contributed by atoms with Crippen LogP contribution in [0.2, 0.25) is 0 Å². The molecule has 0 aliphatic rings. The van der Waals surface area contributed by atoms with Gasteiger partial charge in [0, 0.05) is 13.1 Å². The normalized spacial score (nSPS) is 11.0. The first-order valence-corrected chi connectivity index (χ1v) is 5.25. The minimum absolute atomic E-state index is 0.745. The first kappa shape index (κ1) is 11.9. The van der Waals surface area contributed by atoms with E-state index in [0.29, 0.717) is 0 Å². The summed E-state index contributed by atoms with van der Waals surface area (Å²) in [5, 5.41) is 10.5. The molecule has 0 unspecified atom stereocenters. The van der Waals surface area contributed by atoms with Gasteiger partial charge in [0.05, 0.1) is 0 Å². The van der Waals surface area contributed by atoms with Crippen LogP contribution in [0.3, 0.4) is 0 Å². The van der Waals surface area contributed by atoms with Crippen molar-refractivity contribution in [3.05, 3.63) is 0 Å². The van der Waals surface area contributed by atoms with Gasteiger partial charge in [-0.1, -0.05) is 46.0 Å². The molecule has 0 rings (SSSR count). The lowest BCUT2D eigenvalue weighted by atomic mass is 10.1. The van der Waals surface area contributed by atoms with Crippen molar-refractivity contribution in [2.75, 3.05) is 13.1 Å². The highest BCUT2D eigenvalue weighted by molar-refractivity contribution is 4.46. The number of unbranched alkanes of at least 4 members (excludes halogenated alkanes) is 5. The zero-order valence-electron chi connectivity index (χ0n) is 8.55. The zero-order valence-corrected chi connectivity index (χ0v) is 8.55. The molecule has 0 aliphatic heterocycles. The van der Waals surface area contributed by atoms with E-state index in [1.807, 2.05) is 6.92 Å². The van der Waals surface area contributed by atoms with Crippen LogP contribution in [0.25, 0.3) is 0 Å². The average molecular weight is 173 g/mol. The molecule has 12 heavy (non-hydrogen) atoms. The SMILES string of the molecule is CCCCCCCCN(O)CC. The lowest BCUT2D eigenvalue weighted by molar-refractivity contribution is -0.0869. The van der Waals surface area contributed by atoms with E-state index in [9.17, 15) is 0 Å². The third-order valence-electron chi connectivity index (χ3n) is 2.13. The Morgan fingerprint density at radius 1 is 0.917 bits per heavy atom. The molecule has 0 spiro atoms. The van der Waals surface area contributed by atoms with Gasteiger partial charge < -0.3 is 5.21 Å². The van der Waals surface area contributed by atoms with E-state index < -0.39 is 0 Å². The molecular weight excluding hydrogens is 150 g/mol. The molecule has 0 bridgehead atoms. The predicted molar refractivity (Wildman–Crippen MR) is 52.4 cm³/mol. The van der Waals surface area contributed by atoms with Crippen molar-refractivity contribution in [2.45, 2.75) is 52.4 Å². The third kappa shape index (κ3) is 8.02. The maximum atomic E-state index is 9.09. The molecule has 0 amide bonds. The second-order valence-corrected chi connectivity index (χ2v) is 3.31. The Morgan fingerprint density at radius 3 is 2.08 bits per heavy atom. The summed E-state index contributed by atoms with van der Waals surface area (Å²) in [7, 11) is 0. The summed E-state index contributed by atoms with van der Waals surface area (Å²) in [4.78, 5) is 0. The van der Waals surface area contributed by atoms with Crippen LogP contribution in [0.1, 0.15) is 52.4 Å². The van der Waals surface area contributed by atoms with Crippen molar-refractivity contribution in [1.82, 2.24) is 5.06 Å². The van der Waals surface area contributed by atoms with E-state index in [-0.39, 0.29) is 0 Å². The molecule has 0 aromatic carbocycles. The van der Waals surface area contributed by atoms with Crippen molar-refractivity contribution >= 4 is 0 Å². The Bertz CT molecular complexity index is 85.9. The minimum atomic E-state index is 0.745. The van der Waals surface area contributed by atoms with Gasteiger partial charge in [0.1, 0.15) is 0 Å². The van der Waals surface area contributed by atoms with E-state index in [4.69, 9.17) is 5.21 Å². The van der Waals surface area contributed by atoms with Crippen LogP contribution < -0.4 is 0 Å². The molecule has 1 N–H and O–H groups in total. The lowest BCUT2D eigenvalue weighted by Gasteiger charge is -2.10. The van der Waals surface area contributed by atoms with Crippen LogP contribution in [0, 0.1) is 0 Å². The number of hydrogen-bond acceptors (Lipinski definition) is 2. The summed E-state index contributed by atoms with van der Waals surface area (Å²) in [6, 6.07) is 0. The van der Waals surface area contributed by atoms with Crippen molar-refractivity contribution in [3.8, 4) is 0 Å². The molecule has 0 saturated heterocycles. The van der Waals surface area contributed by atoms with Crippen molar-refractivity contribution in [2.24, 2.45) is 0 Å². The van der Waals surface area contributed by atoms with Crippen molar-refractivity contribution in [1.29, 1.82) is 0 Å². The fourth-order valence-electron chi connectivity index (χ4n) is 1.23. The first-order valence-electron chi connectivity index (χ1n) is 5.25. The van der Waals surface area contributed by atoms with Crippen molar-refractivity contribution < 1.29 is 5.21 Å². The number of rotatable bonds is 8. The average Bonchev–Trinajstić information content (AvgIpc) is 2.10. The molecule has 0 aliphatic carbocycles. The standard InChI is InChI=1S/C10H23NO/c1-3-5-6-7-8-9-10-11(12)4-2/h12H,3-10H2,1-2H3. The van der Waals surface area contributed by atoms with Gasteiger partial charge in [-0.2, -0.15) is 5.06 Å². The Balaban J connectivity index is 2.90. The van der Waals surface area contributed by atoms with Gasteiger partial charge in [-0.25, -0.2) is 0 Å². The second-order valence-electron chi connectivity index (χ2n) is 3.31. The van der Waals surface area contributed by atoms with Gasteiger partial charge in [0.2, 0.25) is 0 Å². The zero-order chi connectivity index (χ0) is 9.23. The van der Waals surface area contributed by atoms with E-state index in [1.165, 1.54) is 37.2 Å². The number of hydrogen-bond donors (Lipinski definition) is 1. The summed E-state index contributed by atoms with van der Waals surface area (Å²) < 4.78 is 0. The lowest BCUT2D eigenvalue weighted by Crippen LogP contribution is -2.19. The van der Waals surface area contributed by atoms with Crippen molar-refractivity contribution in [3.63, 3.8) is 0 Å². The quantitative estimate of drug-likeness (QED) is 0.450. The van der Waals surface area contributed by atoms with Crippen LogP contribution >= 0.6 is 0 Å². The van der Waals surface area contributed by atoms with E-state index in [2.05, 4.69) is 6.92 Å². The molecule has 74 valence electrons. The van der Waals surface area contributed by atoms with Gasteiger partial charge in [-0.15, -0.1) is 0 Å². The van der Waals surface area contributed by atoms with Gasteiger partial charge in [0.15, 0.2) is 0 Å². The predicted octanol–water partition coefficient (Wildman–Crippen LogP) is 3.06. The fourth-order valence-corrected chi connectivity index (χ4v) is 1.23. The van der Waals surface area contributed by atoms with Crippen LogP contribution in [-0.4, -0.2) is 23.4 Å². The summed E-state index contributed by atoms with van der Waals surface area (Å²) in [5.41, 5.74) is 0. The summed E-state index contributed by atoms with van der Waals surface area (Å²) >= 11 is 0. The Morgan fingerprint density at radius 2 is 1.50 bits per heavy atom. The fraction of sp³-hybridized carbons (Fsp3) is 1.00. The van der Waals surface area contributed by atoms with Crippen LogP contribution in [-0.2, 0) is 0 Å². The summed E-state index contributed by atoms with van der Waals surface area (Å²) in [6.45, 7) is 5.78. The van der Waals surface area contributed by atoms with E-state index in [1.54, 1.807) is 0 Å². The molecule has 0 atom stereocenters. The molecule has 2 nitrogen and oxygen atoms in total. The molecule has 0 aromatic rings. The molecule has 2 heteroatoms. The highest BCUT2D eigenvalue weighted by atomic mass is 16.5. The van der Waals surface area contributed by atoms with Gasteiger partial charge in [0.25, 0.3) is 0 Å². The van der Waals surface area contributed by atoms with Gasteiger partial charge in [-0.3, -0.25) is 0 Å². The largest absolute Gasteiger partial charge is 0.314 e. The molecule has 0 aromatic heterocycles. The third-order valence-corrected chi connectivity index (χ3v) is 2.13. The van der Waals surface area contributed by atoms with Gasteiger partial charge >= 0.3 is 0 Å². The van der Waals surface area contributed by atoms with Gasteiger partial charge in [-0.05, 0) is 6.42 Å². The van der Waals surface area contributed by atoms with Crippen LogP contribution in [0.4, 0.5) is 0 Å². The second kappa shape index (κ2) is 9.01. The number of nitrogens with zero attached hydrogens (tertiary/aromatic N) is 1. The summed E-state index contributed by atoms with van der Waals surface area (Å²) in [6.07, 6.45) is 7.74. The first-order chi connectivity index (χ1) is 5.81. The molecule has 0 radical (unpaired) electrons. The summed E-state index contributed by atoms with van der Waals surface area (Å²) in [5.74, 6) is 0. The monoisotopic (exact) mass is 173 g/mol. The topological polar surface area (TPSA) is 23.5 Å². The maximum Gasteiger partial charge on any atom is 0.0238 e. The maximum absolute atomic E-state index is 9.09. The van der Waals surface area contributed by atoms with E-state index >= 15 is 0 Å².